The number of carbonyl (C=O) groups is 1. The molecule has 150 valence electrons. The summed E-state index contributed by atoms with van der Waals surface area (Å²) in [5, 5.41) is 0. The zero-order valence-corrected chi connectivity index (χ0v) is 16.5. The van der Waals surface area contributed by atoms with Gasteiger partial charge in [0.15, 0.2) is 17.3 Å². The van der Waals surface area contributed by atoms with Crippen LogP contribution in [0.1, 0.15) is 35.5 Å². The van der Waals surface area contributed by atoms with Crippen LogP contribution < -0.4 is 10.3 Å². The van der Waals surface area contributed by atoms with Crippen LogP contribution in [0.3, 0.4) is 0 Å². The molecule has 3 aromatic rings. The molecular weight excluding hydrogens is 372 g/mol. The van der Waals surface area contributed by atoms with Crippen LogP contribution in [0.25, 0.3) is 23.7 Å². The molecule has 0 N–H and O–H groups in total. The van der Waals surface area contributed by atoms with E-state index in [4.69, 9.17) is 13.9 Å². The normalized spacial score (nSPS) is 11.0. The number of carbonyl (C=O) groups excluding carboxylic acids is 1. The highest BCUT2D eigenvalue weighted by molar-refractivity contribution is 5.91. The Balaban J connectivity index is 2.10. The quantitative estimate of drug-likeness (QED) is 0.567. The molecule has 3 rings (SSSR count). The van der Waals surface area contributed by atoms with Crippen molar-refractivity contribution in [3.8, 4) is 17.3 Å². The lowest BCUT2D eigenvalue weighted by Gasteiger charge is -2.13. The van der Waals surface area contributed by atoms with Crippen molar-refractivity contribution in [2.24, 2.45) is 7.05 Å². The van der Waals surface area contributed by atoms with Gasteiger partial charge in [0.25, 0.3) is 5.56 Å². The largest absolute Gasteiger partial charge is 0.486 e. The summed E-state index contributed by atoms with van der Waals surface area (Å²) >= 11 is 0. The van der Waals surface area contributed by atoms with E-state index in [2.05, 4.69) is 4.98 Å². The molecule has 0 aliphatic heterocycles. The molecule has 0 radical (unpaired) electrons. The molecule has 0 aliphatic rings. The van der Waals surface area contributed by atoms with Gasteiger partial charge in [-0.25, -0.2) is 9.78 Å². The van der Waals surface area contributed by atoms with Gasteiger partial charge in [-0.3, -0.25) is 9.36 Å². The molecule has 0 aliphatic carbocycles. The van der Waals surface area contributed by atoms with Crippen LogP contribution in [0.2, 0.25) is 0 Å². The SMILES string of the molecule is CCOC(=O)c1nc(-c2occc2/C=C/c2ccccc2)n(C)c(=O)c1OCC. The second-order valence-corrected chi connectivity index (χ2v) is 6.08. The van der Waals surface area contributed by atoms with E-state index in [1.54, 1.807) is 27.0 Å². The smallest absolute Gasteiger partial charge is 0.361 e. The van der Waals surface area contributed by atoms with Crippen molar-refractivity contribution >= 4 is 18.1 Å². The predicted octanol–water partition coefficient (Wildman–Crippen LogP) is 3.79. The van der Waals surface area contributed by atoms with Crippen molar-refractivity contribution in [3.05, 3.63) is 69.8 Å². The summed E-state index contributed by atoms with van der Waals surface area (Å²) in [4.78, 5) is 29.6. The molecular formula is C22H22N2O5. The van der Waals surface area contributed by atoms with E-state index in [1.165, 1.54) is 10.8 Å². The van der Waals surface area contributed by atoms with E-state index >= 15 is 0 Å². The van der Waals surface area contributed by atoms with E-state index in [0.717, 1.165) is 11.1 Å². The maximum Gasteiger partial charge on any atom is 0.361 e. The van der Waals surface area contributed by atoms with Crippen molar-refractivity contribution in [2.75, 3.05) is 13.2 Å². The summed E-state index contributed by atoms with van der Waals surface area (Å²) < 4.78 is 17.3. The summed E-state index contributed by atoms with van der Waals surface area (Å²) in [5.74, 6) is -0.280. The summed E-state index contributed by atoms with van der Waals surface area (Å²) in [6, 6.07) is 11.5. The van der Waals surface area contributed by atoms with Gasteiger partial charge in [-0.2, -0.15) is 0 Å². The van der Waals surface area contributed by atoms with Gasteiger partial charge in [0.1, 0.15) is 0 Å². The Morgan fingerprint density at radius 2 is 1.90 bits per heavy atom. The fourth-order valence-electron chi connectivity index (χ4n) is 2.78. The Hall–Kier alpha value is -3.61. The molecule has 2 aromatic heterocycles. The summed E-state index contributed by atoms with van der Waals surface area (Å²) in [6.45, 7) is 3.78. The molecule has 7 nitrogen and oxygen atoms in total. The maximum atomic E-state index is 12.8. The minimum atomic E-state index is -0.720. The van der Waals surface area contributed by atoms with Crippen LogP contribution in [0, 0.1) is 0 Å². The number of benzene rings is 1. The molecule has 0 saturated carbocycles. The lowest BCUT2D eigenvalue weighted by molar-refractivity contribution is 0.0513. The van der Waals surface area contributed by atoms with Crippen molar-refractivity contribution < 1.29 is 18.7 Å². The minimum absolute atomic E-state index is 0.134. The van der Waals surface area contributed by atoms with E-state index in [0.29, 0.717) is 5.76 Å². The molecule has 0 saturated heterocycles. The minimum Gasteiger partial charge on any atom is -0.486 e. The first-order valence-corrected chi connectivity index (χ1v) is 9.28. The highest BCUT2D eigenvalue weighted by Gasteiger charge is 2.25. The van der Waals surface area contributed by atoms with Crippen molar-refractivity contribution in [2.45, 2.75) is 13.8 Å². The molecule has 1 aromatic carbocycles. The number of furan rings is 1. The topological polar surface area (TPSA) is 83.6 Å². The number of hydrogen-bond acceptors (Lipinski definition) is 6. The summed E-state index contributed by atoms with van der Waals surface area (Å²) in [5.41, 5.74) is 1.08. The number of rotatable bonds is 7. The predicted molar refractivity (Wildman–Crippen MR) is 110 cm³/mol. The molecule has 0 fully saturated rings. The van der Waals surface area contributed by atoms with Crippen molar-refractivity contribution in [1.29, 1.82) is 0 Å². The Labute approximate surface area is 168 Å². The number of hydrogen-bond donors (Lipinski definition) is 0. The van der Waals surface area contributed by atoms with Gasteiger partial charge < -0.3 is 13.9 Å². The van der Waals surface area contributed by atoms with Crippen LogP contribution in [-0.4, -0.2) is 28.7 Å². The van der Waals surface area contributed by atoms with Gasteiger partial charge in [0.2, 0.25) is 5.75 Å². The standard InChI is InChI=1S/C22H22N2O5/c1-4-27-19-17(22(26)28-5-2)23-20(24(3)21(19)25)18-16(13-14-29-18)12-11-15-9-7-6-8-10-15/h6-14H,4-5H2,1-3H3/b12-11+. The third-order valence-electron chi connectivity index (χ3n) is 4.16. The lowest BCUT2D eigenvalue weighted by Crippen LogP contribution is -2.26. The van der Waals surface area contributed by atoms with Gasteiger partial charge in [-0.05, 0) is 25.5 Å². The van der Waals surface area contributed by atoms with Crippen molar-refractivity contribution in [1.82, 2.24) is 9.55 Å². The second-order valence-electron chi connectivity index (χ2n) is 6.08. The van der Waals surface area contributed by atoms with Gasteiger partial charge in [-0.15, -0.1) is 0 Å². The average Bonchev–Trinajstić information content (AvgIpc) is 3.19. The van der Waals surface area contributed by atoms with Crippen LogP contribution in [0.15, 0.2) is 51.9 Å². The third-order valence-corrected chi connectivity index (χ3v) is 4.16. The van der Waals surface area contributed by atoms with E-state index < -0.39 is 11.5 Å². The Bertz CT molecular complexity index is 1080. The van der Waals surface area contributed by atoms with Gasteiger partial charge >= 0.3 is 5.97 Å². The number of nitrogens with zero attached hydrogens (tertiary/aromatic N) is 2. The van der Waals surface area contributed by atoms with Crippen LogP contribution in [0.5, 0.6) is 5.75 Å². The fraction of sp³-hybridized carbons (Fsp3) is 0.227. The first kappa shape index (κ1) is 20.1. The average molecular weight is 394 g/mol. The highest BCUT2D eigenvalue weighted by Crippen LogP contribution is 2.26. The number of ether oxygens (including phenoxy) is 2. The summed E-state index contributed by atoms with van der Waals surface area (Å²) in [7, 11) is 1.55. The highest BCUT2D eigenvalue weighted by atomic mass is 16.5. The molecule has 0 atom stereocenters. The van der Waals surface area contributed by atoms with Crippen LogP contribution in [-0.2, 0) is 11.8 Å². The van der Waals surface area contributed by atoms with E-state index in [-0.39, 0.29) is 30.5 Å². The van der Waals surface area contributed by atoms with Gasteiger partial charge in [-0.1, -0.05) is 42.5 Å². The Morgan fingerprint density at radius 3 is 2.59 bits per heavy atom. The molecule has 0 unspecified atom stereocenters. The van der Waals surface area contributed by atoms with Crippen LogP contribution in [0.4, 0.5) is 0 Å². The first-order chi connectivity index (χ1) is 14.1. The van der Waals surface area contributed by atoms with Gasteiger partial charge in [0.05, 0.1) is 19.5 Å². The molecule has 2 heterocycles. The first-order valence-electron chi connectivity index (χ1n) is 9.28. The van der Waals surface area contributed by atoms with Crippen LogP contribution >= 0.6 is 0 Å². The molecule has 0 spiro atoms. The second kappa shape index (κ2) is 9.05. The monoisotopic (exact) mass is 394 g/mol. The number of aromatic nitrogens is 2. The van der Waals surface area contributed by atoms with Crippen molar-refractivity contribution in [3.63, 3.8) is 0 Å². The molecule has 29 heavy (non-hydrogen) atoms. The Morgan fingerprint density at radius 1 is 1.14 bits per heavy atom. The molecule has 0 amide bonds. The Kier molecular flexibility index (Phi) is 6.29. The maximum absolute atomic E-state index is 12.8. The van der Waals surface area contributed by atoms with E-state index in [1.807, 2.05) is 42.5 Å². The number of esters is 1. The van der Waals surface area contributed by atoms with Gasteiger partial charge in [0, 0.05) is 12.6 Å². The zero-order chi connectivity index (χ0) is 20.8. The lowest BCUT2D eigenvalue weighted by atomic mass is 10.1. The van der Waals surface area contributed by atoms with E-state index in [9.17, 15) is 9.59 Å². The molecule has 7 heteroatoms. The molecule has 0 bridgehead atoms. The zero-order valence-electron chi connectivity index (χ0n) is 16.5. The summed E-state index contributed by atoms with van der Waals surface area (Å²) in [6.07, 6.45) is 5.29. The third kappa shape index (κ3) is 4.29. The fourth-order valence-corrected chi connectivity index (χ4v) is 2.78.